The number of amides is 2. The monoisotopic (exact) mass is 498 g/mol. The molecule has 2 amide bonds. The molecule has 178 valence electrons. The highest BCUT2D eigenvalue weighted by Crippen LogP contribution is 2.25. The van der Waals surface area contributed by atoms with E-state index >= 15 is 0 Å². The number of allylic oxidation sites excluding steroid dienone is 2. The van der Waals surface area contributed by atoms with Crippen molar-refractivity contribution in [1.82, 2.24) is 20.1 Å². The van der Waals surface area contributed by atoms with Gasteiger partial charge in [0, 0.05) is 30.9 Å². The molecule has 0 saturated carbocycles. The molecular weight excluding hydrogens is 472 g/mol. The molecule has 3 aromatic heterocycles. The van der Waals surface area contributed by atoms with Crippen molar-refractivity contribution in [3.63, 3.8) is 0 Å². The van der Waals surface area contributed by atoms with Gasteiger partial charge in [0.2, 0.25) is 5.91 Å². The number of anilines is 2. The van der Waals surface area contributed by atoms with Gasteiger partial charge in [-0.25, -0.2) is 0 Å². The molecule has 0 saturated heterocycles. The molecule has 4 rings (SSSR count). The second-order valence-corrected chi connectivity index (χ2v) is 9.97. The SMILES string of the molecule is Cc1ncc(Cl)cc1NCc1ccc(C(=O)N[C@@H](CC2CC=CC2)C(=O)Nc2cnn(C)c2)s1. The fourth-order valence-electron chi connectivity index (χ4n) is 3.84. The van der Waals surface area contributed by atoms with Crippen LogP contribution in [-0.4, -0.2) is 32.6 Å². The van der Waals surface area contributed by atoms with Crippen LogP contribution < -0.4 is 16.0 Å². The maximum Gasteiger partial charge on any atom is 0.262 e. The van der Waals surface area contributed by atoms with Crippen molar-refractivity contribution >= 4 is 46.1 Å². The second-order valence-electron chi connectivity index (χ2n) is 8.37. The third kappa shape index (κ3) is 6.24. The highest BCUT2D eigenvalue weighted by molar-refractivity contribution is 7.14. The number of nitrogens with one attached hydrogen (secondary N) is 3. The normalized spacial score (nSPS) is 14.2. The Bertz CT molecular complexity index is 1200. The molecule has 0 radical (unpaired) electrons. The van der Waals surface area contributed by atoms with Gasteiger partial charge in [0.1, 0.15) is 6.04 Å². The second kappa shape index (κ2) is 10.8. The van der Waals surface area contributed by atoms with E-state index in [1.54, 1.807) is 36.4 Å². The molecule has 1 aliphatic carbocycles. The molecule has 10 heteroatoms. The van der Waals surface area contributed by atoms with E-state index in [0.717, 1.165) is 29.1 Å². The van der Waals surface area contributed by atoms with Gasteiger partial charge in [-0.15, -0.1) is 11.3 Å². The van der Waals surface area contributed by atoms with Crippen LogP contribution in [0.4, 0.5) is 11.4 Å². The van der Waals surface area contributed by atoms with Crippen LogP contribution in [0, 0.1) is 12.8 Å². The van der Waals surface area contributed by atoms with Gasteiger partial charge in [-0.3, -0.25) is 19.3 Å². The van der Waals surface area contributed by atoms with Gasteiger partial charge in [-0.2, -0.15) is 5.10 Å². The fourth-order valence-corrected chi connectivity index (χ4v) is 4.85. The summed E-state index contributed by atoms with van der Waals surface area (Å²) in [6.45, 7) is 2.45. The van der Waals surface area contributed by atoms with Crippen LogP contribution in [0.15, 0.2) is 48.9 Å². The molecule has 3 heterocycles. The zero-order valence-corrected chi connectivity index (χ0v) is 20.6. The Kier molecular flexibility index (Phi) is 7.64. The molecule has 1 atom stereocenters. The van der Waals surface area contributed by atoms with E-state index in [9.17, 15) is 9.59 Å². The summed E-state index contributed by atoms with van der Waals surface area (Å²) in [6.07, 6.45) is 11.6. The number of aromatic nitrogens is 3. The lowest BCUT2D eigenvalue weighted by molar-refractivity contribution is -0.118. The maximum absolute atomic E-state index is 13.0. The zero-order valence-electron chi connectivity index (χ0n) is 19.0. The first kappa shape index (κ1) is 24.0. The molecule has 0 bridgehead atoms. The van der Waals surface area contributed by atoms with E-state index in [2.05, 4.69) is 38.2 Å². The van der Waals surface area contributed by atoms with E-state index in [-0.39, 0.29) is 11.8 Å². The highest BCUT2D eigenvalue weighted by atomic mass is 35.5. The predicted octanol–water partition coefficient (Wildman–Crippen LogP) is 4.54. The predicted molar refractivity (Wildman–Crippen MR) is 135 cm³/mol. The third-order valence-corrected chi connectivity index (χ3v) is 6.95. The van der Waals surface area contributed by atoms with Crippen molar-refractivity contribution in [3.8, 4) is 0 Å². The summed E-state index contributed by atoms with van der Waals surface area (Å²) in [5, 5.41) is 13.8. The molecule has 8 nitrogen and oxygen atoms in total. The van der Waals surface area contributed by atoms with E-state index in [1.165, 1.54) is 11.3 Å². The Labute approximate surface area is 207 Å². The van der Waals surface area contributed by atoms with Crippen molar-refractivity contribution in [1.29, 1.82) is 0 Å². The smallest absolute Gasteiger partial charge is 0.262 e. The van der Waals surface area contributed by atoms with Crippen LogP contribution in [-0.2, 0) is 18.4 Å². The Balaban J connectivity index is 1.39. The van der Waals surface area contributed by atoms with Crippen LogP contribution in [0.1, 0.15) is 39.5 Å². The Morgan fingerprint density at radius 1 is 1.26 bits per heavy atom. The van der Waals surface area contributed by atoms with E-state index in [1.807, 2.05) is 19.1 Å². The number of carbonyl (C=O) groups is 2. The molecule has 34 heavy (non-hydrogen) atoms. The number of carbonyl (C=O) groups excluding carboxylic acids is 2. The van der Waals surface area contributed by atoms with Crippen LogP contribution in [0.2, 0.25) is 5.02 Å². The number of hydrogen-bond acceptors (Lipinski definition) is 6. The minimum Gasteiger partial charge on any atom is -0.379 e. The van der Waals surface area contributed by atoms with Gasteiger partial charge in [0.05, 0.1) is 33.2 Å². The summed E-state index contributed by atoms with van der Waals surface area (Å²) in [4.78, 5) is 31.8. The highest BCUT2D eigenvalue weighted by Gasteiger charge is 2.26. The molecule has 1 aliphatic rings. The van der Waals surface area contributed by atoms with E-state index in [0.29, 0.717) is 34.5 Å². The van der Waals surface area contributed by atoms with Crippen molar-refractivity contribution < 1.29 is 9.59 Å². The topological polar surface area (TPSA) is 101 Å². The third-order valence-electron chi connectivity index (χ3n) is 5.66. The standard InChI is InChI=1S/C24H27ClN6O2S/c1-15-20(10-17(25)11-26-15)27-13-19-7-8-22(34-19)24(33)30-21(9-16-5-3-4-6-16)23(32)29-18-12-28-31(2)14-18/h3-4,7-8,10-12,14,16,21,27H,5-6,9,13H2,1-2H3,(H,29,32)(H,30,33)/t21-/m0/s1. The molecule has 3 N–H and O–H groups in total. The quantitative estimate of drug-likeness (QED) is 0.376. The van der Waals surface area contributed by atoms with Gasteiger partial charge in [-0.1, -0.05) is 23.8 Å². The summed E-state index contributed by atoms with van der Waals surface area (Å²) in [5.41, 5.74) is 2.30. The number of aryl methyl sites for hydroxylation is 2. The average molecular weight is 499 g/mol. The molecule has 0 fully saturated rings. The summed E-state index contributed by atoms with van der Waals surface area (Å²) in [7, 11) is 1.78. The number of pyridine rings is 1. The number of halogens is 1. The Morgan fingerprint density at radius 3 is 2.79 bits per heavy atom. The van der Waals surface area contributed by atoms with Crippen molar-refractivity contribution in [2.75, 3.05) is 10.6 Å². The minimum absolute atomic E-state index is 0.240. The van der Waals surface area contributed by atoms with Gasteiger partial charge in [0.25, 0.3) is 5.91 Å². The molecule has 0 spiro atoms. The molecule has 0 unspecified atom stereocenters. The number of thiophene rings is 1. The van der Waals surface area contributed by atoms with E-state index in [4.69, 9.17) is 11.6 Å². The minimum atomic E-state index is -0.638. The molecule has 3 aromatic rings. The largest absolute Gasteiger partial charge is 0.379 e. The number of hydrogen-bond donors (Lipinski definition) is 3. The van der Waals surface area contributed by atoms with Crippen LogP contribution >= 0.6 is 22.9 Å². The van der Waals surface area contributed by atoms with Gasteiger partial charge in [-0.05, 0) is 50.3 Å². The fraction of sp³-hybridized carbons (Fsp3) is 0.333. The molecule has 0 aromatic carbocycles. The first-order valence-corrected chi connectivity index (χ1v) is 12.3. The van der Waals surface area contributed by atoms with Crippen molar-refractivity contribution in [2.24, 2.45) is 13.0 Å². The summed E-state index contributed by atoms with van der Waals surface area (Å²) in [5.74, 6) is -0.160. The van der Waals surface area contributed by atoms with Crippen LogP contribution in [0.25, 0.3) is 0 Å². The summed E-state index contributed by atoms with van der Waals surface area (Å²) < 4.78 is 1.62. The van der Waals surface area contributed by atoms with Crippen molar-refractivity contribution in [2.45, 2.75) is 38.8 Å². The van der Waals surface area contributed by atoms with Crippen molar-refractivity contribution in [3.05, 3.63) is 69.4 Å². The van der Waals surface area contributed by atoms with Gasteiger partial charge in [0.15, 0.2) is 0 Å². The zero-order chi connectivity index (χ0) is 24.1. The lowest BCUT2D eigenvalue weighted by Gasteiger charge is -2.21. The maximum atomic E-state index is 13.0. The molecular formula is C24H27ClN6O2S. The van der Waals surface area contributed by atoms with Gasteiger partial charge >= 0.3 is 0 Å². The Morgan fingerprint density at radius 2 is 2.06 bits per heavy atom. The number of rotatable bonds is 9. The first-order chi connectivity index (χ1) is 16.4. The summed E-state index contributed by atoms with van der Waals surface area (Å²) >= 11 is 7.43. The average Bonchev–Trinajstić information content (AvgIpc) is 3.56. The van der Waals surface area contributed by atoms with Gasteiger partial charge < -0.3 is 16.0 Å². The Hall–Kier alpha value is -3.17. The molecule has 0 aliphatic heterocycles. The van der Waals surface area contributed by atoms with Crippen LogP contribution in [0.3, 0.4) is 0 Å². The first-order valence-electron chi connectivity index (χ1n) is 11.1. The lowest BCUT2D eigenvalue weighted by Crippen LogP contribution is -2.44. The number of nitrogens with zero attached hydrogens (tertiary/aromatic N) is 3. The van der Waals surface area contributed by atoms with E-state index < -0.39 is 6.04 Å². The lowest BCUT2D eigenvalue weighted by atomic mass is 9.97. The van der Waals surface area contributed by atoms with Crippen LogP contribution in [0.5, 0.6) is 0 Å². The summed E-state index contributed by atoms with van der Waals surface area (Å²) in [6, 6.07) is 4.88.